The highest BCUT2D eigenvalue weighted by Gasteiger charge is 2.04. The quantitative estimate of drug-likeness (QED) is 0.520. The van der Waals surface area contributed by atoms with Gasteiger partial charge in [0.05, 0.1) is 19.3 Å². The molecule has 1 aromatic carbocycles. The first kappa shape index (κ1) is 9.74. The van der Waals surface area contributed by atoms with Crippen LogP contribution < -0.4 is 0 Å². The lowest BCUT2D eigenvalue weighted by Gasteiger charge is -2.02. The van der Waals surface area contributed by atoms with Crippen molar-refractivity contribution in [2.24, 2.45) is 0 Å². The zero-order valence-electron chi connectivity index (χ0n) is 7.23. The molecular weight excluding hydrogens is 168 g/mol. The van der Waals surface area contributed by atoms with Crippen molar-refractivity contribution in [3.05, 3.63) is 43.0 Å². The Morgan fingerprint density at radius 1 is 1.23 bits per heavy atom. The minimum Gasteiger partial charge on any atom is -0.460 e. The van der Waals surface area contributed by atoms with Gasteiger partial charge in [0.2, 0.25) is 0 Å². The number of carbonyl (C=O) groups excluding carboxylic acids is 1. The average Bonchev–Trinajstić information content (AvgIpc) is 2.19. The molecule has 0 saturated heterocycles. The van der Waals surface area contributed by atoms with Gasteiger partial charge in [0.1, 0.15) is 6.61 Å². The minimum atomic E-state index is -0.336. The van der Waals surface area contributed by atoms with Gasteiger partial charge in [0, 0.05) is 0 Å². The fourth-order valence-corrected chi connectivity index (χ4v) is 0.851. The molecule has 3 nitrogen and oxygen atoms in total. The number of ether oxygens (including phenoxy) is 2. The van der Waals surface area contributed by atoms with Gasteiger partial charge in [-0.25, -0.2) is 4.79 Å². The smallest absolute Gasteiger partial charge is 0.338 e. The summed E-state index contributed by atoms with van der Waals surface area (Å²) in [6, 6.07) is 8.82. The van der Waals surface area contributed by atoms with Crippen LogP contribution in [0.2, 0.25) is 0 Å². The summed E-state index contributed by atoms with van der Waals surface area (Å²) < 4.78 is 9.37. The summed E-state index contributed by atoms with van der Waals surface area (Å²) in [6.45, 7) is 0.551. The SMILES string of the molecule is [CH2]OCCOC(=O)c1ccccc1. The standard InChI is InChI=1S/C10H11O3/c1-12-7-8-13-10(11)9-5-3-2-4-6-9/h2-6H,1,7-8H2. The molecule has 0 spiro atoms. The number of carbonyl (C=O) groups is 1. The Morgan fingerprint density at radius 3 is 2.54 bits per heavy atom. The van der Waals surface area contributed by atoms with Gasteiger partial charge in [-0.15, -0.1) is 0 Å². The summed E-state index contributed by atoms with van der Waals surface area (Å²) in [6.07, 6.45) is 0. The second-order valence-corrected chi connectivity index (χ2v) is 2.41. The van der Waals surface area contributed by atoms with Crippen molar-refractivity contribution in [3.63, 3.8) is 0 Å². The maximum Gasteiger partial charge on any atom is 0.338 e. The second-order valence-electron chi connectivity index (χ2n) is 2.41. The third kappa shape index (κ3) is 3.25. The number of hydrogen-bond acceptors (Lipinski definition) is 3. The Balaban J connectivity index is 2.40. The maximum atomic E-state index is 11.2. The van der Waals surface area contributed by atoms with E-state index in [1.54, 1.807) is 24.3 Å². The lowest BCUT2D eigenvalue weighted by Crippen LogP contribution is -2.09. The van der Waals surface area contributed by atoms with Crippen LogP contribution in [0.5, 0.6) is 0 Å². The molecule has 0 N–H and O–H groups in total. The molecule has 13 heavy (non-hydrogen) atoms. The monoisotopic (exact) mass is 179 g/mol. The molecule has 1 aromatic rings. The molecule has 3 heteroatoms. The van der Waals surface area contributed by atoms with E-state index < -0.39 is 0 Å². The molecule has 0 atom stereocenters. The van der Waals surface area contributed by atoms with E-state index >= 15 is 0 Å². The van der Waals surface area contributed by atoms with Crippen molar-refractivity contribution in [2.75, 3.05) is 13.2 Å². The molecule has 0 amide bonds. The number of esters is 1. The van der Waals surface area contributed by atoms with E-state index in [0.717, 1.165) is 0 Å². The first-order valence-electron chi connectivity index (χ1n) is 3.93. The lowest BCUT2D eigenvalue weighted by atomic mass is 10.2. The largest absolute Gasteiger partial charge is 0.460 e. The summed E-state index contributed by atoms with van der Waals surface area (Å²) in [4.78, 5) is 11.2. The normalized spacial score (nSPS) is 9.62. The number of benzene rings is 1. The molecule has 0 aliphatic carbocycles. The molecule has 1 radical (unpaired) electrons. The number of rotatable bonds is 4. The molecule has 0 saturated carbocycles. The predicted molar refractivity (Wildman–Crippen MR) is 48.0 cm³/mol. The molecule has 0 bridgehead atoms. The molecule has 1 rings (SSSR count). The van der Waals surface area contributed by atoms with Crippen LogP contribution in [-0.2, 0) is 9.47 Å². The third-order valence-corrected chi connectivity index (χ3v) is 1.47. The van der Waals surface area contributed by atoms with Gasteiger partial charge in [0.15, 0.2) is 0 Å². The predicted octanol–water partition coefficient (Wildman–Crippen LogP) is 1.65. The van der Waals surface area contributed by atoms with Crippen LogP contribution in [0.4, 0.5) is 0 Å². The summed E-state index contributed by atoms with van der Waals surface area (Å²) >= 11 is 0. The van der Waals surface area contributed by atoms with E-state index in [1.165, 1.54) is 0 Å². The molecule has 0 aliphatic rings. The first-order chi connectivity index (χ1) is 6.34. The molecule has 0 heterocycles. The molecule has 0 aliphatic heterocycles. The molecule has 69 valence electrons. The minimum absolute atomic E-state index is 0.233. The van der Waals surface area contributed by atoms with Gasteiger partial charge in [-0.05, 0) is 12.1 Å². The van der Waals surface area contributed by atoms with Gasteiger partial charge >= 0.3 is 5.97 Å². The van der Waals surface area contributed by atoms with Gasteiger partial charge in [-0.1, -0.05) is 18.2 Å². The Morgan fingerprint density at radius 2 is 1.92 bits per heavy atom. The molecule has 0 fully saturated rings. The van der Waals surface area contributed by atoms with Gasteiger partial charge in [-0.2, -0.15) is 0 Å². The van der Waals surface area contributed by atoms with Crippen molar-refractivity contribution in [1.82, 2.24) is 0 Å². The highest BCUT2D eigenvalue weighted by Crippen LogP contribution is 2.00. The van der Waals surface area contributed by atoms with Crippen LogP contribution in [0.1, 0.15) is 10.4 Å². The zero-order chi connectivity index (χ0) is 9.52. The van der Waals surface area contributed by atoms with E-state index in [2.05, 4.69) is 11.8 Å². The van der Waals surface area contributed by atoms with E-state index in [4.69, 9.17) is 4.74 Å². The Labute approximate surface area is 77.3 Å². The highest BCUT2D eigenvalue weighted by atomic mass is 16.6. The van der Waals surface area contributed by atoms with Crippen molar-refractivity contribution >= 4 is 5.97 Å². The highest BCUT2D eigenvalue weighted by molar-refractivity contribution is 5.89. The van der Waals surface area contributed by atoms with Crippen LogP contribution >= 0.6 is 0 Å². The Kier molecular flexibility index (Phi) is 3.99. The van der Waals surface area contributed by atoms with E-state index in [9.17, 15) is 4.79 Å². The van der Waals surface area contributed by atoms with Gasteiger partial charge < -0.3 is 9.47 Å². The van der Waals surface area contributed by atoms with E-state index in [0.29, 0.717) is 12.2 Å². The summed E-state index contributed by atoms with van der Waals surface area (Å²) in [5.74, 6) is -0.336. The van der Waals surface area contributed by atoms with E-state index in [-0.39, 0.29) is 12.6 Å². The van der Waals surface area contributed by atoms with Gasteiger partial charge in [0.25, 0.3) is 0 Å². The van der Waals surface area contributed by atoms with Crippen LogP contribution in [0.3, 0.4) is 0 Å². The molecular formula is C10H11O3. The Bertz CT molecular complexity index is 256. The average molecular weight is 179 g/mol. The first-order valence-corrected chi connectivity index (χ1v) is 3.93. The Hall–Kier alpha value is -1.35. The molecule has 0 unspecified atom stereocenters. The van der Waals surface area contributed by atoms with Crippen molar-refractivity contribution < 1.29 is 14.3 Å². The van der Waals surface area contributed by atoms with Crippen LogP contribution in [0.15, 0.2) is 30.3 Å². The van der Waals surface area contributed by atoms with Gasteiger partial charge in [-0.3, -0.25) is 0 Å². The summed E-state index contributed by atoms with van der Waals surface area (Å²) in [5, 5.41) is 0. The maximum absolute atomic E-state index is 11.2. The van der Waals surface area contributed by atoms with E-state index in [1.807, 2.05) is 6.07 Å². The van der Waals surface area contributed by atoms with Crippen molar-refractivity contribution in [2.45, 2.75) is 0 Å². The molecule has 0 aromatic heterocycles. The van der Waals surface area contributed by atoms with Crippen molar-refractivity contribution in [3.8, 4) is 0 Å². The summed E-state index contributed by atoms with van der Waals surface area (Å²) in [7, 11) is 3.16. The van der Waals surface area contributed by atoms with Crippen LogP contribution in [0, 0.1) is 7.11 Å². The topological polar surface area (TPSA) is 35.5 Å². The lowest BCUT2D eigenvalue weighted by molar-refractivity contribution is 0.0416. The van der Waals surface area contributed by atoms with Crippen LogP contribution in [0.25, 0.3) is 0 Å². The second kappa shape index (κ2) is 5.32. The fourth-order valence-electron chi connectivity index (χ4n) is 0.851. The van der Waals surface area contributed by atoms with Crippen LogP contribution in [-0.4, -0.2) is 19.2 Å². The fraction of sp³-hybridized carbons (Fsp3) is 0.200. The van der Waals surface area contributed by atoms with Crippen molar-refractivity contribution in [1.29, 1.82) is 0 Å². The number of hydrogen-bond donors (Lipinski definition) is 0. The summed E-state index contributed by atoms with van der Waals surface area (Å²) in [5.41, 5.74) is 0.548. The third-order valence-electron chi connectivity index (χ3n) is 1.47. The zero-order valence-corrected chi connectivity index (χ0v) is 7.23.